The molecule has 2 N–H and O–H groups in total. The smallest absolute Gasteiger partial charge is 0.339 e. The SMILES string of the molecule is COC(C)(C)CCOC(=O)c1cc(N)cc(Cl)c1Cl. The number of anilines is 1. The molecule has 1 aromatic rings. The Balaban J connectivity index is 2.69. The molecule has 1 rings (SSSR count). The third-order valence-electron chi connectivity index (χ3n) is 2.76. The topological polar surface area (TPSA) is 61.5 Å². The van der Waals surface area contributed by atoms with Crippen molar-refractivity contribution >= 4 is 34.9 Å². The normalized spacial score (nSPS) is 11.4. The molecule has 0 unspecified atom stereocenters. The number of benzene rings is 1. The van der Waals surface area contributed by atoms with E-state index in [9.17, 15) is 4.79 Å². The maximum absolute atomic E-state index is 11.9. The first-order valence-corrected chi connectivity index (χ1v) is 6.49. The molecule has 19 heavy (non-hydrogen) atoms. The molecule has 6 heteroatoms. The highest BCUT2D eigenvalue weighted by Crippen LogP contribution is 2.29. The van der Waals surface area contributed by atoms with Gasteiger partial charge in [0.1, 0.15) is 0 Å². The first kappa shape index (κ1) is 16.1. The number of carbonyl (C=O) groups is 1. The second-order valence-electron chi connectivity index (χ2n) is 4.71. The van der Waals surface area contributed by atoms with Crippen molar-refractivity contribution < 1.29 is 14.3 Å². The number of methoxy groups -OCH3 is 1. The third kappa shape index (κ3) is 4.56. The zero-order chi connectivity index (χ0) is 14.6. The van der Waals surface area contributed by atoms with Crippen LogP contribution in [0, 0.1) is 0 Å². The summed E-state index contributed by atoms with van der Waals surface area (Å²) in [7, 11) is 1.61. The van der Waals surface area contributed by atoms with Gasteiger partial charge in [0.2, 0.25) is 0 Å². The van der Waals surface area contributed by atoms with Crippen LogP contribution >= 0.6 is 23.2 Å². The van der Waals surface area contributed by atoms with Crippen LogP contribution in [0.3, 0.4) is 0 Å². The van der Waals surface area contributed by atoms with Crippen LogP contribution in [-0.4, -0.2) is 25.3 Å². The summed E-state index contributed by atoms with van der Waals surface area (Å²) < 4.78 is 10.4. The molecule has 4 nitrogen and oxygen atoms in total. The summed E-state index contributed by atoms with van der Waals surface area (Å²) in [5.41, 5.74) is 5.79. The van der Waals surface area contributed by atoms with E-state index in [2.05, 4.69) is 0 Å². The van der Waals surface area contributed by atoms with Gasteiger partial charge in [0.05, 0.1) is 27.8 Å². The molecular formula is C13H17Cl2NO3. The summed E-state index contributed by atoms with van der Waals surface area (Å²) in [4.78, 5) is 11.9. The van der Waals surface area contributed by atoms with Gasteiger partial charge in [0.15, 0.2) is 0 Å². The standard InChI is InChI=1S/C13H17Cl2NO3/c1-13(2,18-3)4-5-19-12(17)9-6-8(16)7-10(14)11(9)15/h6-7H,4-5,16H2,1-3H3. The number of rotatable bonds is 5. The molecule has 0 aliphatic carbocycles. The summed E-state index contributed by atoms with van der Waals surface area (Å²) in [6.07, 6.45) is 0.572. The lowest BCUT2D eigenvalue weighted by molar-refractivity contribution is -0.00562. The Bertz CT molecular complexity index is 475. The monoisotopic (exact) mass is 305 g/mol. The van der Waals surface area contributed by atoms with Gasteiger partial charge >= 0.3 is 5.97 Å². The Morgan fingerprint density at radius 3 is 2.58 bits per heavy atom. The minimum Gasteiger partial charge on any atom is -0.462 e. The Morgan fingerprint density at radius 2 is 2.00 bits per heavy atom. The second kappa shape index (κ2) is 6.46. The van der Waals surface area contributed by atoms with Crippen molar-refractivity contribution in [1.82, 2.24) is 0 Å². The molecular weight excluding hydrogens is 289 g/mol. The summed E-state index contributed by atoms with van der Waals surface area (Å²) in [6, 6.07) is 2.92. The molecule has 0 radical (unpaired) electrons. The summed E-state index contributed by atoms with van der Waals surface area (Å²) in [5, 5.41) is 0.373. The van der Waals surface area contributed by atoms with Crippen LogP contribution in [0.4, 0.5) is 5.69 Å². The number of carbonyl (C=O) groups excluding carboxylic acids is 1. The van der Waals surface area contributed by atoms with Crippen molar-refractivity contribution in [2.45, 2.75) is 25.9 Å². The van der Waals surface area contributed by atoms with Gasteiger partial charge in [-0.05, 0) is 26.0 Å². The van der Waals surface area contributed by atoms with E-state index in [1.807, 2.05) is 13.8 Å². The molecule has 0 saturated carbocycles. The zero-order valence-electron chi connectivity index (χ0n) is 11.1. The van der Waals surface area contributed by atoms with Crippen LogP contribution in [0.5, 0.6) is 0 Å². The molecule has 0 amide bonds. The van der Waals surface area contributed by atoms with E-state index in [4.69, 9.17) is 38.4 Å². The second-order valence-corrected chi connectivity index (χ2v) is 5.50. The Hall–Kier alpha value is -0.970. The quantitative estimate of drug-likeness (QED) is 0.667. The van der Waals surface area contributed by atoms with Crippen LogP contribution in [0.2, 0.25) is 10.0 Å². The van der Waals surface area contributed by atoms with E-state index in [1.54, 1.807) is 7.11 Å². The predicted octanol–water partition coefficient (Wildman–Crippen LogP) is 3.55. The number of hydrogen-bond acceptors (Lipinski definition) is 4. The molecule has 0 aliphatic heterocycles. The van der Waals surface area contributed by atoms with Crippen molar-refractivity contribution in [1.29, 1.82) is 0 Å². The fourth-order valence-corrected chi connectivity index (χ4v) is 1.74. The van der Waals surface area contributed by atoms with Crippen molar-refractivity contribution in [3.8, 4) is 0 Å². The van der Waals surface area contributed by atoms with Gasteiger partial charge in [0, 0.05) is 19.2 Å². The van der Waals surface area contributed by atoms with E-state index in [0.717, 1.165) is 0 Å². The van der Waals surface area contributed by atoms with Crippen LogP contribution in [0.15, 0.2) is 12.1 Å². The highest BCUT2D eigenvalue weighted by Gasteiger charge is 2.19. The largest absolute Gasteiger partial charge is 0.462 e. The molecule has 0 atom stereocenters. The maximum Gasteiger partial charge on any atom is 0.339 e. The average molecular weight is 306 g/mol. The van der Waals surface area contributed by atoms with Crippen LogP contribution < -0.4 is 5.73 Å². The van der Waals surface area contributed by atoms with Gasteiger partial charge in [-0.25, -0.2) is 4.79 Å². The van der Waals surface area contributed by atoms with E-state index in [0.29, 0.717) is 12.1 Å². The fraction of sp³-hybridized carbons (Fsp3) is 0.462. The average Bonchev–Trinajstić information content (AvgIpc) is 2.33. The highest BCUT2D eigenvalue weighted by molar-refractivity contribution is 6.44. The number of ether oxygens (including phenoxy) is 2. The molecule has 0 fully saturated rings. The van der Waals surface area contributed by atoms with Crippen LogP contribution in [-0.2, 0) is 9.47 Å². The molecule has 0 aliphatic rings. The van der Waals surface area contributed by atoms with Crippen molar-refractivity contribution in [3.63, 3.8) is 0 Å². The molecule has 1 aromatic carbocycles. The van der Waals surface area contributed by atoms with Gasteiger partial charge in [-0.2, -0.15) is 0 Å². The molecule has 106 valence electrons. The molecule has 0 heterocycles. The molecule has 0 bridgehead atoms. The number of nitrogen functional groups attached to an aromatic ring is 1. The van der Waals surface area contributed by atoms with Crippen molar-refractivity contribution in [3.05, 3.63) is 27.7 Å². The Labute approximate surface area is 122 Å². The lowest BCUT2D eigenvalue weighted by atomic mass is 10.1. The number of hydrogen-bond donors (Lipinski definition) is 1. The molecule has 0 saturated heterocycles. The van der Waals surface area contributed by atoms with Gasteiger partial charge < -0.3 is 15.2 Å². The first-order chi connectivity index (χ1) is 8.76. The van der Waals surface area contributed by atoms with Crippen molar-refractivity contribution in [2.75, 3.05) is 19.5 Å². The summed E-state index contributed by atoms with van der Waals surface area (Å²) >= 11 is 11.8. The lowest BCUT2D eigenvalue weighted by Gasteiger charge is -2.22. The van der Waals surface area contributed by atoms with Crippen LogP contribution in [0.25, 0.3) is 0 Å². The molecule has 0 spiro atoms. The fourth-order valence-electron chi connectivity index (χ4n) is 1.33. The minimum atomic E-state index is -0.550. The Kier molecular flexibility index (Phi) is 5.47. The number of halogens is 2. The highest BCUT2D eigenvalue weighted by atomic mass is 35.5. The van der Waals surface area contributed by atoms with Gasteiger partial charge in [0.25, 0.3) is 0 Å². The first-order valence-electron chi connectivity index (χ1n) is 5.73. The Morgan fingerprint density at radius 1 is 1.37 bits per heavy atom. The van der Waals surface area contributed by atoms with Crippen LogP contribution in [0.1, 0.15) is 30.6 Å². The lowest BCUT2D eigenvalue weighted by Crippen LogP contribution is -2.25. The van der Waals surface area contributed by atoms with E-state index < -0.39 is 5.97 Å². The predicted molar refractivity (Wildman–Crippen MR) is 76.9 cm³/mol. The van der Waals surface area contributed by atoms with E-state index in [-0.39, 0.29) is 27.8 Å². The van der Waals surface area contributed by atoms with E-state index in [1.165, 1.54) is 12.1 Å². The number of esters is 1. The summed E-state index contributed by atoms with van der Waals surface area (Å²) in [5.74, 6) is -0.550. The molecule has 0 aromatic heterocycles. The van der Waals surface area contributed by atoms with Crippen molar-refractivity contribution in [2.24, 2.45) is 0 Å². The minimum absolute atomic E-state index is 0.145. The third-order valence-corrected chi connectivity index (χ3v) is 3.56. The summed E-state index contributed by atoms with van der Waals surface area (Å²) in [6.45, 7) is 4.04. The maximum atomic E-state index is 11.9. The number of nitrogens with two attached hydrogens (primary N) is 1. The zero-order valence-corrected chi connectivity index (χ0v) is 12.6. The van der Waals surface area contributed by atoms with E-state index >= 15 is 0 Å². The van der Waals surface area contributed by atoms with Gasteiger partial charge in [-0.3, -0.25) is 0 Å². The van der Waals surface area contributed by atoms with Gasteiger partial charge in [-0.1, -0.05) is 23.2 Å². The van der Waals surface area contributed by atoms with Gasteiger partial charge in [-0.15, -0.1) is 0 Å².